The minimum Gasteiger partial charge on any atom is -0.497 e. The van der Waals surface area contributed by atoms with Crippen LogP contribution in [-0.2, 0) is 0 Å². The first kappa shape index (κ1) is 17.1. The predicted molar refractivity (Wildman–Crippen MR) is 99.9 cm³/mol. The molecule has 1 aromatic heterocycles. The number of hydrogen-bond donors (Lipinski definition) is 2. The lowest BCUT2D eigenvalue weighted by Gasteiger charge is -2.11. The minimum atomic E-state index is -0.571. The molecule has 2 aromatic carbocycles. The summed E-state index contributed by atoms with van der Waals surface area (Å²) in [5, 5.41) is 6.04. The monoisotopic (exact) mass is 367 g/mol. The fourth-order valence-electron chi connectivity index (χ4n) is 2.68. The van der Waals surface area contributed by atoms with E-state index in [4.69, 9.17) is 9.47 Å². The van der Waals surface area contributed by atoms with Gasteiger partial charge in [-0.05, 0) is 43.2 Å². The lowest BCUT2D eigenvalue weighted by Crippen LogP contribution is -2.30. The number of halogens is 1. The molecule has 0 spiro atoms. The smallest absolute Gasteiger partial charge is 0.319 e. The SMILES string of the molecule is COc1ccc2c(Oc3ccc(NC(=O)NC4CC4)c(F)c3)ccnc2c1. The second-order valence-corrected chi connectivity index (χ2v) is 6.31. The van der Waals surface area contributed by atoms with Gasteiger partial charge >= 0.3 is 6.03 Å². The molecule has 27 heavy (non-hydrogen) atoms. The van der Waals surface area contributed by atoms with Crippen LogP contribution in [0.4, 0.5) is 14.9 Å². The molecule has 0 radical (unpaired) electrons. The minimum absolute atomic E-state index is 0.102. The Bertz CT molecular complexity index is 1000. The van der Waals surface area contributed by atoms with Crippen molar-refractivity contribution in [3.05, 3.63) is 54.5 Å². The number of pyridine rings is 1. The van der Waals surface area contributed by atoms with E-state index >= 15 is 0 Å². The number of ether oxygens (including phenoxy) is 2. The number of nitrogens with one attached hydrogen (secondary N) is 2. The lowest BCUT2D eigenvalue weighted by atomic mass is 10.2. The van der Waals surface area contributed by atoms with Gasteiger partial charge in [0.1, 0.15) is 23.1 Å². The summed E-state index contributed by atoms with van der Waals surface area (Å²) in [6.45, 7) is 0. The van der Waals surface area contributed by atoms with Crippen LogP contribution in [0, 0.1) is 5.82 Å². The molecule has 0 saturated heterocycles. The predicted octanol–water partition coefficient (Wildman–Crippen LogP) is 4.46. The quantitative estimate of drug-likeness (QED) is 0.698. The van der Waals surface area contributed by atoms with Crippen molar-refractivity contribution in [2.45, 2.75) is 18.9 Å². The zero-order valence-electron chi connectivity index (χ0n) is 14.7. The second kappa shape index (κ2) is 7.11. The van der Waals surface area contributed by atoms with Crippen LogP contribution in [0.15, 0.2) is 48.7 Å². The maximum atomic E-state index is 14.3. The molecule has 1 aliphatic rings. The first-order valence-corrected chi connectivity index (χ1v) is 8.60. The number of carbonyl (C=O) groups is 1. The Morgan fingerprint density at radius 3 is 2.70 bits per heavy atom. The molecule has 1 heterocycles. The molecule has 2 N–H and O–H groups in total. The number of amides is 2. The van der Waals surface area contributed by atoms with E-state index in [1.807, 2.05) is 12.1 Å². The van der Waals surface area contributed by atoms with E-state index in [-0.39, 0.29) is 11.7 Å². The molecule has 1 aliphatic carbocycles. The fourth-order valence-corrected chi connectivity index (χ4v) is 2.68. The molecular weight excluding hydrogens is 349 g/mol. The number of aromatic nitrogens is 1. The van der Waals surface area contributed by atoms with Gasteiger partial charge in [-0.2, -0.15) is 0 Å². The summed E-state index contributed by atoms with van der Waals surface area (Å²) in [6.07, 6.45) is 3.55. The number of nitrogens with zero attached hydrogens (tertiary/aromatic N) is 1. The highest BCUT2D eigenvalue weighted by Gasteiger charge is 2.23. The molecule has 6 nitrogen and oxygen atoms in total. The molecule has 0 unspecified atom stereocenters. The van der Waals surface area contributed by atoms with Gasteiger partial charge in [0, 0.05) is 29.8 Å². The Morgan fingerprint density at radius 1 is 1.15 bits per heavy atom. The lowest BCUT2D eigenvalue weighted by molar-refractivity contribution is 0.251. The van der Waals surface area contributed by atoms with Crippen molar-refractivity contribution in [1.29, 1.82) is 0 Å². The van der Waals surface area contributed by atoms with Gasteiger partial charge in [0.2, 0.25) is 0 Å². The van der Waals surface area contributed by atoms with Gasteiger partial charge in [-0.25, -0.2) is 9.18 Å². The molecule has 3 aromatic rings. The van der Waals surface area contributed by atoms with E-state index in [1.54, 1.807) is 31.5 Å². The zero-order chi connectivity index (χ0) is 18.8. The van der Waals surface area contributed by atoms with E-state index in [1.165, 1.54) is 12.1 Å². The van der Waals surface area contributed by atoms with Crippen LogP contribution in [0.2, 0.25) is 0 Å². The number of methoxy groups -OCH3 is 1. The van der Waals surface area contributed by atoms with E-state index in [9.17, 15) is 9.18 Å². The van der Waals surface area contributed by atoms with Crippen LogP contribution in [0.3, 0.4) is 0 Å². The standard InChI is InChI=1S/C20H18FN3O3/c1-26-13-4-6-15-18(11-13)22-9-8-19(15)27-14-5-7-17(16(21)10-14)24-20(25)23-12-2-3-12/h4-12H,2-3H2,1H3,(H2,23,24,25). The van der Waals surface area contributed by atoms with Gasteiger partial charge in [-0.15, -0.1) is 0 Å². The van der Waals surface area contributed by atoms with Gasteiger partial charge in [0.25, 0.3) is 0 Å². The molecule has 4 rings (SSSR count). The number of benzene rings is 2. The number of urea groups is 1. The van der Waals surface area contributed by atoms with Crippen LogP contribution in [0.1, 0.15) is 12.8 Å². The third-order valence-electron chi connectivity index (χ3n) is 4.24. The molecule has 138 valence electrons. The average Bonchev–Trinajstić information content (AvgIpc) is 3.47. The van der Waals surface area contributed by atoms with Crippen molar-refractivity contribution in [3.63, 3.8) is 0 Å². The Kier molecular flexibility index (Phi) is 4.50. The number of anilines is 1. The summed E-state index contributed by atoms with van der Waals surface area (Å²) in [4.78, 5) is 16.0. The van der Waals surface area contributed by atoms with E-state index in [0.29, 0.717) is 22.8 Å². The summed E-state index contributed by atoms with van der Waals surface area (Å²) in [5.74, 6) is 0.995. The molecule has 1 saturated carbocycles. The topological polar surface area (TPSA) is 72.5 Å². The van der Waals surface area contributed by atoms with Crippen molar-refractivity contribution in [3.8, 4) is 17.2 Å². The summed E-state index contributed by atoms with van der Waals surface area (Å²) in [5.41, 5.74) is 0.812. The van der Waals surface area contributed by atoms with Crippen molar-refractivity contribution < 1.29 is 18.7 Å². The highest BCUT2D eigenvalue weighted by molar-refractivity contribution is 5.90. The molecule has 1 fully saturated rings. The molecular formula is C20H18FN3O3. The second-order valence-electron chi connectivity index (χ2n) is 6.31. The molecule has 0 aliphatic heterocycles. The van der Waals surface area contributed by atoms with E-state index in [2.05, 4.69) is 15.6 Å². The number of hydrogen-bond acceptors (Lipinski definition) is 4. The summed E-state index contributed by atoms with van der Waals surface area (Å²) >= 11 is 0. The highest BCUT2D eigenvalue weighted by Crippen LogP contribution is 2.32. The number of rotatable bonds is 5. The first-order valence-electron chi connectivity index (χ1n) is 8.60. The fraction of sp³-hybridized carbons (Fsp3) is 0.200. The third-order valence-corrected chi connectivity index (χ3v) is 4.24. The number of fused-ring (bicyclic) bond motifs is 1. The van der Waals surface area contributed by atoms with Gasteiger partial charge in [-0.3, -0.25) is 4.98 Å². The molecule has 7 heteroatoms. The average molecular weight is 367 g/mol. The van der Waals surface area contributed by atoms with Gasteiger partial charge in [0.05, 0.1) is 18.3 Å². The Hall–Kier alpha value is -3.35. The number of carbonyl (C=O) groups excluding carboxylic acids is 1. The third kappa shape index (κ3) is 3.92. The largest absolute Gasteiger partial charge is 0.497 e. The first-order chi connectivity index (χ1) is 13.1. The van der Waals surface area contributed by atoms with Crippen molar-refractivity contribution in [2.75, 3.05) is 12.4 Å². The normalized spacial score (nSPS) is 13.3. The Labute approximate surface area is 155 Å². The maximum absolute atomic E-state index is 14.3. The Balaban J connectivity index is 1.53. The van der Waals surface area contributed by atoms with Crippen LogP contribution >= 0.6 is 0 Å². The Morgan fingerprint density at radius 2 is 1.96 bits per heavy atom. The zero-order valence-corrected chi connectivity index (χ0v) is 14.7. The summed E-state index contributed by atoms with van der Waals surface area (Å²) in [7, 11) is 1.59. The van der Waals surface area contributed by atoms with Crippen LogP contribution in [-0.4, -0.2) is 24.2 Å². The van der Waals surface area contributed by atoms with Crippen molar-refractivity contribution in [2.24, 2.45) is 0 Å². The summed E-state index contributed by atoms with van der Waals surface area (Å²) < 4.78 is 25.4. The van der Waals surface area contributed by atoms with Crippen molar-refractivity contribution >= 4 is 22.6 Å². The van der Waals surface area contributed by atoms with Gasteiger partial charge in [0.15, 0.2) is 0 Å². The van der Waals surface area contributed by atoms with E-state index < -0.39 is 11.8 Å². The van der Waals surface area contributed by atoms with Crippen molar-refractivity contribution in [1.82, 2.24) is 10.3 Å². The van der Waals surface area contributed by atoms with Crippen LogP contribution < -0.4 is 20.1 Å². The maximum Gasteiger partial charge on any atom is 0.319 e. The van der Waals surface area contributed by atoms with E-state index in [0.717, 1.165) is 18.2 Å². The van der Waals surface area contributed by atoms with Crippen LogP contribution in [0.5, 0.6) is 17.2 Å². The van der Waals surface area contributed by atoms with Crippen LogP contribution in [0.25, 0.3) is 10.9 Å². The van der Waals surface area contributed by atoms with Gasteiger partial charge in [-0.1, -0.05) is 0 Å². The molecule has 0 bridgehead atoms. The summed E-state index contributed by atoms with van der Waals surface area (Å²) in [6, 6.07) is 11.3. The highest BCUT2D eigenvalue weighted by atomic mass is 19.1. The molecule has 0 atom stereocenters. The van der Waals surface area contributed by atoms with Gasteiger partial charge < -0.3 is 20.1 Å². The molecule has 2 amide bonds.